The van der Waals surface area contributed by atoms with Gasteiger partial charge in [-0.2, -0.15) is 10.1 Å². The van der Waals surface area contributed by atoms with Gasteiger partial charge in [0.05, 0.1) is 17.9 Å². The Balaban J connectivity index is 1.38. The van der Waals surface area contributed by atoms with Gasteiger partial charge in [0.1, 0.15) is 11.6 Å². The smallest absolute Gasteiger partial charge is 0.322 e. The Hall–Kier alpha value is -4.87. The van der Waals surface area contributed by atoms with Gasteiger partial charge < -0.3 is 10.6 Å². The number of benzene rings is 2. The van der Waals surface area contributed by atoms with E-state index in [9.17, 15) is 18.4 Å². The van der Waals surface area contributed by atoms with Crippen molar-refractivity contribution in [2.45, 2.75) is 33.2 Å². The predicted octanol–water partition coefficient (Wildman–Crippen LogP) is 5.51. The number of fused-ring (bicyclic) bond motifs is 1. The fraction of sp³-hybridized carbons (Fsp3) is 0.250. The molecule has 2 aromatic heterocycles. The molecule has 2 N–H and O–H groups in total. The highest BCUT2D eigenvalue weighted by Crippen LogP contribution is 2.34. The largest absolute Gasteiger partial charge is 0.330 e. The third-order valence-corrected chi connectivity index (χ3v) is 6.64. The standard InChI is InChI=1S/C28H28F2N8O2/c1-16-9-10-21(32-25(39)18-7-6-8-20(12-18)28(3,29)30)13-22(16)38-15-19-14-31-26(34-24(19)36(4)27(38)40)33-23-11-17(2)35-37(23)5/h6-14H,15H2,1-5H3,(H,32,39)(H,31,33,34). The molecule has 0 saturated heterocycles. The molecule has 3 heterocycles. The maximum Gasteiger partial charge on any atom is 0.330 e. The van der Waals surface area contributed by atoms with Crippen LogP contribution in [0.2, 0.25) is 0 Å². The number of aryl methyl sites for hydroxylation is 3. The first-order valence-electron chi connectivity index (χ1n) is 12.5. The normalized spacial score (nSPS) is 13.3. The average molecular weight is 547 g/mol. The molecule has 4 aromatic rings. The molecule has 0 spiro atoms. The number of aromatic nitrogens is 4. The summed E-state index contributed by atoms with van der Waals surface area (Å²) in [4.78, 5) is 38.3. The fourth-order valence-corrected chi connectivity index (χ4v) is 4.51. The van der Waals surface area contributed by atoms with E-state index in [0.29, 0.717) is 29.0 Å². The van der Waals surface area contributed by atoms with E-state index in [-0.39, 0.29) is 23.7 Å². The highest BCUT2D eigenvalue weighted by atomic mass is 19.3. The molecular formula is C28H28F2N8O2. The van der Waals surface area contributed by atoms with Crippen LogP contribution in [-0.4, -0.2) is 38.7 Å². The molecule has 0 fully saturated rings. The van der Waals surface area contributed by atoms with Gasteiger partial charge in [-0.1, -0.05) is 18.2 Å². The van der Waals surface area contributed by atoms with Crippen molar-refractivity contribution in [3.05, 3.63) is 82.7 Å². The molecule has 12 heteroatoms. The lowest BCUT2D eigenvalue weighted by Crippen LogP contribution is -2.46. The molecular weight excluding hydrogens is 518 g/mol. The summed E-state index contributed by atoms with van der Waals surface area (Å²) >= 11 is 0. The number of halogens is 2. The molecule has 2 aromatic carbocycles. The molecule has 206 valence electrons. The Morgan fingerprint density at radius 3 is 2.55 bits per heavy atom. The summed E-state index contributed by atoms with van der Waals surface area (Å²) in [6.45, 7) is 4.74. The van der Waals surface area contributed by atoms with E-state index < -0.39 is 11.8 Å². The third kappa shape index (κ3) is 5.20. The molecule has 0 unspecified atom stereocenters. The summed E-state index contributed by atoms with van der Waals surface area (Å²) in [5.74, 6) is -2.07. The van der Waals surface area contributed by atoms with Gasteiger partial charge in [0.2, 0.25) is 5.95 Å². The Morgan fingerprint density at radius 2 is 1.85 bits per heavy atom. The zero-order valence-corrected chi connectivity index (χ0v) is 22.7. The molecule has 1 aliphatic rings. The van der Waals surface area contributed by atoms with Gasteiger partial charge in [0.25, 0.3) is 11.8 Å². The van der Waals surface area contributed by atoms with Crippen molar-refractivity contribution in [1.82, 2.24) is 19.7 Å². The van der Waals surface area contributed by atoms with Gasteiger partial charge in [0.15, 0.2) is 0 Å². The monoisotopic (exact) mass is 546 g/mol. The fourth-order valence-electron chi connectivity index (χ4n) is 4.51. The number of carbonyl (C=O) groups excluding carboxylic acids is 2. The van der Waals surface area contributed by atoms with Crippen LogP contribution in [0.1, 0.15) is 39.7 Å². The van der Waals surface area contributed by atoms with Gasteiger partial charge in [-0.15, -0.1) is 0 Å². The maximum absolute atomic E-state index is 13.7. The van der Waals surface area contributed by atoms with Gasteiger partial charge in [-0.25, -0.2) is 18.6 Å². The van der Waals surface area contributed by atoms with E-state index >= 15 is 0 Å². The Bertz CT molecular complexity index is 1630. The summed E-state index contributed by atoms with van der Waals surface area (Å²) < 4.78 is 29.2. The molecule has 3 amide bonds. The van der Waals surface area contributed by atoms with Gasteiger partial charge in [-0.05, 0) is 43.7 Å². The average Bonchev–Trinajstić information content (AvgIpc) is 3.23. The SMILES string of the molecule is Cc1cc(Nc2ncc3c(n2)N(C)C(=O)N(c2cc(NC(=O)c4cccc(C(C)(F)F)c4)ccc2C)C3)n(C)n1. The highest BCUT2D eigenvalue weighted by molar-refractivity contribution is 6.07. The molecule has 5 rings (SSSR count). The first-order chi connectivity index (χ1) is 18.9. The number of amides is 3. The number of nitrogens with zero attached hydrogens (tertiary/aromatic N) is 6. The summed E-state index contributed by atoms with van der Waals surface area (Å²) in [6.07, 6.45) is 1.67. The van der Waals surface area contributed by atoms with Crippen LogP contribution in [0.25, 0.3) is 0 Å². The lowest BCUT2D eigenvalue weighted by molar-refractivity contribution is 0.0174. The maximum atomic E-state index is 13.7. The lowest BCUT2D eigenvalue weighted by atomic mass is 10.1. The number of urea groups is 1. The van der Waals surface area contributed by atoms with Crippen LogP contribution in [0, 0.1) is 13.8 Å². The molecule has 0 radical (unpaired) electrons. The van der Waals surface area contributed by atoms with Crippen LogP contribution < -0.4 is 20.4 Å². The minimum absolute atomic E-state index is 0.103. The third-order valence-electron chi connectivity index (χ3n) is 6.64. The molecule has 0 saturated carbocycles. The minimum atomic E-state index is -3.07. The number of hydrogen-bond donors (Lipinski definition) is 2. The second-order valence-electron chi connectivity index (χ2n) is 9.81. The summed E-state index contributed by atoms with van der Waals surface area (Å²) in [7, 11) is 3.44. The first kappa shape index (κ1) is 26.7. The first-order valence-corrected chi connectivity index (χ1v) is 12.5. The van der Waals surface area contributed by atoms with Crippen molar-refractivity contribution in [3.8, 4) is 0 Å². The number of rotatable bonds is 6. The van der Waals surface area contributed by atoms with Crippen molar-refractivity contribution >= 4 is 40.9 Å². The topological polar surface area (TPSA) is 108 Å². The number of anilines is 5. The second-order valence-corrected chi connectivity index (χ2v) is 9.81. The van der Waals surface area contributed by atoms with Gasteiger partial charge in [0, 0.05) is 55.7 Å². The molecule has 0 bridgehead atoms. The van der Waals surface area contributed by atoms with Crippen molar-refractivity contribution in [2.75, 3.05) is 27.5 Å². The number of hydrogen-bond acceptors (Lipinski definition) is 6. The van der Waals surface area contributed by atoms with E-state index in [1.807, 2.05) is 19.9 Å². The van der Waals surface area contributed by atoms with E-state index in [0.717, 1.165) is 23.7 Å². The summed E-state index contributed by atoms with van der Waals surface area (Å²) in [5.41, 5.74) is 3.25. The Morgan fingerprint density at radius 1 is 1.07 bits per heavy atom. The van der Waals surface area contributed by atoms with Crippen molar-refractivity contribution < 1.29 is 18.4 Å². The van der Waals surface area contributed by atoms with Crippen molar-refractivity contribution in [1.29, 1.82) is 0 Å². The van der Waals surface area contributed by atoms with E-state index in [1.54, 1.807) is 48.1 Å². The van der Waals surface area contributed by atoms with Crippen molar-refractivity contribution in [3.63, 3.8) is 0 Å². The molecule has 0 aliphatic carbocycles. The number of alkyl halides is 2. The highest BCUT2D eigenvalue weighted by Gasteiger charge is 2.32. The Kier molecular flexibility index (Phi) is 6.70. The number of carbonyl (C=O) groups is 2. The van der Waals surface area contributed by atoms with Crippen LogP contribution in [0.15, 0.2) is 54.7 Å². The van der Waals surface area contributed by atoms with Crippen LogP contribution in [0.5, 0.6) is 0 Å². The zero-order chi connectivity index (χ0) is 28.8. The Labute approximate surface area is 229 Å². The molecule has 40 heavy (non-hydrogen) atoms. The summed E-state index contributed by atoms with van der Waals surface area (Å²) in [5, 5.41) is 10.2. The van der Waals surface area contributed by atoms with E-state index in [4.69, 9.17) is 0 Å². The molecule has 10 nitrogen and oxygen atoms in total. The second kappa shape index (κ2) is 10.0. The predicted molar refractivity (Wildman–Crippen MR) is 148 cm³/mol. The van der Waals surface area contributed by atoms with Crippen LogP contribution in [0.3, 0.4) is 0 Å². The summed E-state index contributed by atoms with van der Waals surface area (Å²) in [6, 6.07) is 12.1. The minimum Gasteiger partial charge on any atom is -0.322 e. The zero-order valence-electron chi connectivity index (χ0n) is 22.7. The van der Waals surface area contributed by atoms with Crippen LogP contribution in [-0.2, 0) is 19.5 Å². The van der Waals surface area contributed by atoms with E-state index in [2.05, 4.69) is 25.7 Å². The van der Waals surface area contributed by atoms with Gasteiger partial charge in [-0.3, -0.25) is 19.3 Å². The molecule has 0 atom stereocenters. The quantitative estimate of drug-likeness (QED) is 0.330. The number of nitrogens with one attached hydrogen (secondary N) is 2. The van der Waals surface area contributed by atoms with Crippen LogP contribution in [0.4, 0.5) is 42.5 Å². The van der Waals surface area contributed by atoms with E-state index in [1.165, 1.54) is 29.2 Å². The van der Waals surface area contributed by atoms with Crippen LogP contribution >= 0.6 is 0 Å². The lowest BCUT2D eigenvalue weighted by Gasteiger charge is -2.35. The van der Waals surface area contributed by atoms with Crippen molar-refractivity contribution in [2.24, 2.45) is 7.05 Å². The van der Waals surface area contributed by atoms with Gasteiger partial charge >= 0.3 is 6.03 Å². The molecule has 1 aliphatic heterocycles.